The molecule has 15 heavy (non-hydrogen) atoms. The summed E-state index contributed by atoms with van der Waals surface area (Å²) >= 11 is 0. The molecule has 2 N–H and O–H groups in total. The Labute approximate surface area is 88.1 Å². The van der Waals surface area contributed by atoms with E-state index in [1.165, 1.54) is 6.92 Å². The number of esters is 1. The van der Waals surface area contributed by atoms with E-state index in [0.717, 1.165) is 0 Å². The molecule has 0 aliphatic carbocycles. The van der Waals surface area contributed by atoms with Crippen LogP contribution in [0.5, 0.6) is 0 Å². The average molecular weight is 210 g/mol. The Morgan fingerprint density at radius 3 is 2.53 bits per heavy atom. The van der Waals surface area contributed by atoms with Crippen molar-refractivity contribution >= 4 is 5.97 Å². The van der Waals surface area contributed by atoms with Gasteiger partial charge >= 0.3 is 5.97 Å². The van der Waals surface area contributed by atoms with Gasteiger partial charge in [-0.1, -0.05) is 18.2 Å². The molecule has 4 heteroatoms. The van der Waals surface area contributed by atoms with Crippen LogP contribution >= 0.6 is 0 Å². The minimum atomic E-state index is -1.38. The van der Waals surface area contributed by atoms with Crippen molar-refractivity contribution in [2.45, 2.75) is 12.5 Å². The molecule has 0 aromatic heterocycles. The fourth-order valence-electron chi connectivity index (χ4n) is 0.924. The van der Waals surface area contributed by atoms with Crippen LogP contribution in [0.2, 0.25) is 0 Å². The van der Waals surface area contributed by atoms with Crippen molar-refractivity contribution in [1.82, 2.24) is 0 Å². The third-order valence-electron chi connectivity index (χ3n) is 1.86. The van der Waals surface area contributed by atoms with Crippen LogP contribution < -0.4 is 0 Å². The molecule has 1 aromatic carbocycles. The molecule has 0 aliphatic heterocycles. The second-order valence-electron chi connectivity index (χ2n) is 3.60. The Balaban J connectivity index is 2.51. The van der Waals surface area contributed by atoms with E-state index in [4.69, 9.17) is 9.84 Å². The lowest BCUT2D eigenvalue weighted by molar-refractivity contribution is -0.0511. The Morgan fingerprint density at radius 2 is 2.00 bits per heavy atom. The highest BCUT2D eigenvalue weighted by Gasteiger charge is 2.21. The van der Waals surface area contributed by atoms with E-state index >= 15 is 0 Å². The highest BCUT2D eigenvalue weighted by Crippen LogP contribution is 2.06. The lowest BCUT2D eigenvalue weighted by Gasteiger charge is -2.19. The standard InChI is InChI=1S/C11H14O4/c1-11(14,7-12)8-15-10(13)9-5-3-2-4-6-9/h2-6,12,14H,7-8H2,1H3. The van der Waals surface area contributed by atoms with E-state index in [1.807, 2.05) is 0 Å². The molecule has 82 valence electrons. The lowest BCUT2D eigenvalue weighted by Crippen LogP contribution is -2.35. The van der Waals surface area contributed by atoms with Gasteiger partial charge in [-0.05, 0) is 19.1 Å². The van der Waals surface area contributed by atoms with Crippen molar-refractivity contribution in [3.63, 3.8) is 0 Å². The van der Waals surface area contributed by atoms with Crippen molar-refractivity contribution in [1.29, 1.82) is 0 Å². The minimum Gasteiger partial charge on any atom is -0.459 e. The minimum absolute atomic E-state index is 0.225. The van der Waals surface area contributed by atoms with Crippen LogP contribution in [0.1, 0.15) is 17.3 Å². The third-order valence-corrected chi connectivity index (χ3v) is 1.86. The van der Waals surface area contributed by atoms with E-state index in [-0.39, 0.29) is 6.61 Å². The summed E-state index contributed by atoms with van der Waals surface area (Å²) in [4.78, 5) is 11.4. The van der Waals surface area contributed by atoms with Gasteiger partial charge < -0.3 is 14.9 Å². The maximum atomic E-state index is 11.4. The summed E-state index contributed by atoms with van der Waals surface area (Å²) in [5.41, 5.74) is -0.962. The Bertz CT molecular complexity index is 319. The van der Waals surface area contributed by atoms with E-state index in [9.17, 15) is 9.90 Å². The van der Waals surface area contributed by atoms with E-state index in [1.54, 1.807) is 30.3 Å². The monoisotopic (exact) mass is 210 g/mol. The number of aliphatic hydroxyl groups excluding tert-OH is 1. The summed E-state index contributed by atoms with van der Waals surface area (Å²) in [5.74, 6) is -0.510. The van der Waals surface area contributed by atoms with Gasteiger partial charge in [-0.25, -0.2) is 4.79 Å². The predicted octanol–water partition coefficient (Wildman–Crippen LogP) is 0.587. The summed E-state index contributed by atoms with van der Waals surface area (Å²) in [6.45, 7) is 0.720. The first kappa shape index (κ1) is 11.7. The molecule has 0 saturated carbocycles. The molecule has 0 radical (unpaired) electrons. The van der Waals surface area contributed by atoms with Gasteiger partial charge in [-0.2, -0.15) is 0 Å². The first-order valence-electron chi connectivity index (χ1n) is 4.60. The van der Waals surface area contributed by atoms with Crippen molar-refractivity contribution in [2.75, 3.05) is 13.2 Å². The van der Waals surface area contributed by atoms with Gasteiger partial charge in [-0.15, -0.1) is 0 Å². The molecule has 0 bridgehead atoms. The van der Waals surface area contributed by atoms with Crippen LogP contribution in [0, 0.1) is 0 Å². The number of hydrogen-bond acceptors (Lipinski definition) is 4. The highest BCUT2D eigenvalue weighted by atomic mass is 16.5. The zero-order chi connectivity index (χ0) is 11.3. The first-order valence-corrected chi connectivity index (χ1v) is 4.60. The number of aliphatic hydroxyl groups is 2. The van der Waals surface area contributed by atoms with Gasteiger partial charge in [0.15, 0.2) is 0 Å². The highest BCUT2D eigenvalue weighted by molar-refractivity contribution is 5.89. The molecule has 0 amide bonds. The third kappa shape index (κ3) is 3.69. The number of ether oxygens (including phenoxy) is 1. The Kier molecular flexibility index (Phi) is 3.82. The maximum absolute atomic E-state index is 11.4. The summed E-state index contributed by atoms with van der Waals surface area (Å²) in [7, 11) is 0. The van der Waals surface area contributed by atoms with Crippen molar-refractivity contribution in [3.05, 3.63) is 35.9 Å². The normalized spacial score (nSPS) is 14.3. The topological polar surface area (TPSA) is 66.8 Å². The summed E-state index contributed by atoms with van der Waals surface area (Å²) in [6.07, 6.45) is 0. The van der Waals surface area contributed by atoms with E-state index in [0.29, 0.717) is 5.56 Å². The lowest BCUT2D eigenvalue weighted by atomic mass is 10.1. The SMILES string of the molecule is CC(O)(CO)COC(=O)c1ccccc1. The van der Waals surface area contributed by atoms with Crippen LogP contribution in [0.4, 0.5) is 0 Å². The van der Waals surface area contributed by atoms with Crippen molar-refractivity contribution in [2.24, 2.45) is 0 Å². The van der Waals surface area contributed by atoms with Crippen LogP contribution in [0.3, 0.4) is 0 Å². The molecule has 1 atom stereocenters. The molecule has 0 spiro atoms. The van der Waals surface area contributed by atoms with Crippen LogP contribution in [-0.2, 0) is 4.74 Å². The molecule has 4 nitrogen and oxygen atoms in total. The summed E-state index contributed by atoms with van der Waals surface area (Å²) < 4.78 is 4.83. The Hall–Kier alpha value is -1.39. The molecule has 0 heterocycles. The second-order valence-corrected chi connectivity index (χ2v) is 3.60. The molecule has 1 rings (SSSR count). The van der Waals surface area contributed by atoms with Gasteiger partial charge in [-0.3, -0.25) is 0 Å². The summed E-state index contributed by atoms with van der Waals surface area (Å²) in [5, 5.41) is 18.1. The van der Waals surface area contributed by atoms with E-state index in [2.05, 4.69) is 0 Å². The van der Waals surface area contributed by atoms with Gasteiger partial charge in [0, 0.05) is 0 Å². The average Bonchev–Trinajstić information content (AvgIpc) is 2.27. The number of carbonyl (C=O) groups is 1. The van der Waals surface area contributed by atoms with Crippen molar-refractivity contribution in [3.8, 4) is 0 Å². The number of hydrogen-bond donors (Lipinski definition) is 2. The maximum Gasteiger partial charge on any atom is 0.338 e. The molecule has 1 aromatic rings. The van der Waals surface area contributed by atoms with Gasteiger partial charge in [0.2, 0.25) is 0 Å². The zero-order valence-electron chi connectivity index (χ0n) is 8.51. The van der Waals surface area contributed by atoms with Gasteiger partial charge in [0.1, 0.15) is 12.2 Å². The van der Waals surface area contributed by atoms with Crippen molar-refractivity contribution < 1.29 is 19.7 Å². The van der Waals surface area contributed by atoms with E-state index < -0.39 is 18.2 Å². The molecule has 0 aliphatic rings. The molecule has 1 unspecified atom stereocenters. The first-order chi connectivity index (χ1) is 7.05. The smallest absolute Gasteiger partial charge is 0.338 e. The van der Waals surface area contributed by atoms with Crippen LogP contribution in [0.15, 0.2) is 30.3 Å². The zero-order valence-corrected chi connectivity index (χ0v) is 8.51. The fourth-order valence-corrected chi connectivity index (χ4v) is 0.924. The number of benzene rings is 1. The number of carbonyl (C=O) groups excluding carboxylic acids is 1. The van der Waals surface area contributed by atoms with Gasteiger partial charge in [0.05, 0.1) is 12.2 Å². The molecular weight excluding hydrogens is 196 g/mol. The quantitative estimate of drug-likeness (QED) is 0.714. The number of rotatable bonds is 4. The molecule has 0 fully saturated rings. The molecular formula is C11H14O4. The largest absolute Gasteiger partial charge is 0.459 e. The Morgan fingerprint density at radius 1 is 1.40 bits per heavy atom. The molecule has 0 saturated heterocycles. The second kappa shape index (κ2) is 4.91. The fraction of sp³-hybridized carbons (Fsp3) is 0.364. The van der Waals surface area contributed by atoms with Gasteiger partial charge in [0.25, 0.3) is 0 Å². The predicted molar refractivity (Wildman–Crippen MR) is 54.4 cm³/mol. The van der Waals surface area contributed by atoms with Crippen LogP contribution in [-0.4, -0.2) is 35.0 Å². The summed E-state index contributed by atoms with van der Waals surface area (Å²) in [6, 6.07) is 8.48. The van der Waals surface area contributed by atoms with Crippen LogP contribution in [0.25, 0.3) is 0 Å².